The molecule has 1 aliphatic heterocycles. The second-order valence-electron chi connectivity index (χ2n) is 8.26. The molecule has 32 heavy (non-hydrogen) atoms. The molecule has 0 saturated heterocycles. The molecular formula is C25H21ClN4O2. The van der Waals surface area contributed by atoms with Gasteiger partial charge < -0.3 is 9.47 Å². The lowest BCUT2D eigenvalue weighted by Crippen LogP contribution is -2.22. The van der Waals surface area contributed by atoms with E-state index in [4.69, 9.17) is 11.6 Å². The summed E-state index contributed by atoms with van der Waals surface area (Å²) in [7, 11) is 5.86. The Morgan fingerprint density at radius 1 is 1.03 bits per heavy atom. The van der Waals surface area contributed by atoms with E-state index < -0.39 is 11.8 Å². The summed E-state index contributed by atoms with van der Waals surface area (Å²) in [6.45, 7) is 0.641. The van der Waals surface area contributed by atoms with Crippen LogP contribution in [0.1, 0.15) is 16.8 Å². The summed E-state index contributed by atoms with van der Waals surface area (Å²) in [5.74, 6) is -0.865. The van der Waals surface area contributed by atoms with Crippen LogP contribution in [0.5, 0.6) is 0 Å². The topological polar surface area (TPSA) is 67.2 Å². The van der Waals surface area contributed by atoms with Crippen molar-refractivity contribution in [3.8, 4) is 0 Å². The first kappa shape index (κ1) is 20.4. The molecule has 1 N–H and O–H groups in total. The molecular weight excluding hydrogens is 424 g/mol. The third-order valence-corrected chi connectivity index (χ3v) is 6.05. The van der Waals surface area contributed by atoms with Gasteiger partial charge in [0.15, 0.2) is 0 Å². The minimum atomic E-state index is -0.446. The van der Waals surface area contributed by atoms with E-state index in [-0.39, 0.29) is 0 Å². The van der Waals surface area contributed by atoms with Gasteiger partial charge in [0, 0.05) is 58.4 Å². The molecule has 1 aliphatic rings. The smallest absolute Gasteiger partial charge is 0.259 e. The fourth-order valence-electron chi connectivity index (χ4n) is 4.39. The molecule has 0 aliphatic carbocycles. The van der Waals surface area contributed by atoms with E-state index >= 15 is 0 Å². The van der Waals surface area contributed by atoms with E-state index in [1.807, 2.05) is 73.2 Å². The molecule has 0 atom stereocenters. The Morgan fingerprint density at radius 3 is 2.56 bits per heavy atom. The molecule has 3 heterocycles. The van der Waals surface area contributed by atoms with Gasteiger partial charge in [-0.15, -0.1) is 0 Å². The van der Waals surface area contributed by atoms with Crippen molar-refractivity contribution < 1.29 is 9.59 Å². The van der Waals surface area contributed by atoms with Gasteiger partial charge in [-0.1, -0.05) is 35.9 Å². The number of pyridine rings is 1. The van der Waals surface area contributed by atoms with Crippen LogP contribution in [0.2, 0.25) is 5.02 Å². The van der Waals surface area contributed by atoms with Crippen LogP contribution < -0.4 is 5.32 Å². The van der Waals surface area contributed by atoms with Gasteiger partial charge in [-0.05, 0) is 37.7 Å². The summed E-state index contributed by atoms with van der Waals surface area (Å²) in [4.78, 5) is 32.7. The maximum Gasteiger partial charge on any atom is 0.259 e. The average Bonchev–Trinajstić information content (AvgIpc) is 3.23. The number of carbonyl (C=O) groups excluding carboxylic acids is 2. The number of benzene rings is 2. The van der Waals surface area contributed by atoms with Crippen molar-refractivity contribution in [3.63, 3.8) is 0 Å². The number of aromatic nitrogens is 2. The van der Waals surface area contributed by atoms with Gasteiger partial charge in [0.05, 0.1) is 16.8 Å². The Hall–Kier alpha value is -3.48. The molecule has 2 aromatic carbocycles. The number of para-hydroxylation sites is 1. The second-order valence-corrected chi connectivity index (χ2v) is 8.67. The molecule has 2 aromatic heterocycles. The Morgan fingerprint density at radius 2 is 1.78 bits per heavy atom. The number of imide groups is 1. The van der Waals surface area contributed by atoms with Crippen molar-refractivity contribution in [2.45, 2.75) is 6.54 Å². The number of nitrogens with one attached hydrogen (secondary N) is 1. The summed E-state index contributed by atoms with van der Waals surface area (Å²) in [5, 5.41) is 5.44. The second kappa shape index (κ2) is 7.58. The van der Waals surface area contributed by atoms with Crippen LogP contribution in [0, 0.1) is 0 Å². The fraction of sp³-hybridized carbons (Fsp3) is 0.160. The lowest BCUT2D eigenvalue weighted by molar-refractivity contribution is -0.122. The highest BCUT2D eigenvalue weighted by molar-refractivity contribution is 6.52. The van der Waals surface area contributed by atoms with E-state index in [0.717, 1.165) is 27.4 Å². The van der Waals surface area contributed by atoms with Crippen molar-refractivity contribution in [1.82, 2.24) is 19.8 Å². The predicted molar refractivity (Wildman–Crippen MR) is 127 cm³/mol. The Labute approximate surface area is 190 Å². The van der Waals surface area contributed by atoms with Crippen molar-refractivity contribution in [3.05, 3.63) is 76.7 Å². The lowest BCUT2D eigenvalue weighted by Gasteiger charge is -2.13. The number of fused-ring (bicyclic) bond motifs is 2. The third-order valence-electron chi connectivity index (χ3n) is 5.73. The van der Waals surface area contributed by atoms with Gasteiger partial charge in [0.2, 0.25) is 0 Å². The largest absolute Gasteiger partial charge is 0.350 e. The predicted octanol–water partition coefficient (Wildman–Crippen LogP) is 4.01. The summed E-state index contributed by atoms with van der Waals surface area (Å²) in [5.41, 5.74) is 3.72. The van der Waals surface area contributed by atoms with E-state index in [2.05, 4.69) is 10.3 Å². The number of hydrogen-bond acceptors (Lipinski definition) is 4. The van der Waals surface area contributed by atoms with Crippen LogP contribution in [0.15, 0.2) is 54.9 Å². The van der Waals surface area contributed by atoms with Crippen LogP contribution in [-0.2, 0) is 23.2 Å². The van der Waals surface area contributed by atoms with E-state index in [1.165, 1.54) is 0 Å². The first-order valence-corrected chi connectivity index (χ1v) is 10.6. The van der Waals surface area contributed by atoms with Gasteiger partial charge >= 0.3 is 0 Å². The number of hydrogen-bond donors (Lipinski definition) is 1. The molecule has 2 amide bonds. The monoisotopic (exact) mass is 444 g/mol. The number of aryl methyl sites for hydroxylation is 1. The van der Waals surface area contributed by atoms with E-state index in [0.29, 0.717) is 33.8 Å². The van der Waals surface area contributed by atoms with Gasteiger partial charge in [-0.2, -0.15) is 0 Å². The van der Waals surface area contributed by atoms with Crippen molar-refractivity contribution in [2.24, 2.45) is 7.05 Å². The third kappa shape index (κ3) is 3.20. The molecule has 0 saturated carbocycles. The van der Waals surface area contributed by atoms with Crippen LogP contribution in [0.4, 0.5) is 0 Å². The maximum absolute atomic E-state index is 13.1. The van der Waals surface area contributed by atoms with Crippen molar-refractivity contribution >= 4 is 56.2 Å². The highest BCUT2D eigenvalue weighted by Gasteiger charge is 2.35. The zero-order valence-electron chi connectivity index (χ0n) is 17.9. The fourth-order valence-corrected chi connectivity index (χ4v) is 4.65. The Bertz CT molecular complexity index is 1470. The van der Waals surface area contributed by atoms with Crippen molar-refractivity contribution in [1.29, 1.82) is 0 Å². The van der Waals surface area contributed by atoms with Crippen LogP contribution in [0.25, 0.3) is 32.8 Å². The number of nitrogens with zero attached hydrogens (tertiary/aromatic N) is 3. The van der Waals surface area contributed by atoms with Gasteiger partial charge in [0.1, 0.15) is 0 Å². The summed E-state index contributed by atoms with van der Waals surface area (Å²) in [6.07, 6.45) is 3.66. The summed E-state index contributed by atoms with van der Waals surface area (Å²) in [6, 6.07) is 13.4. The first-order valence-electron chi connectivity index (χ1n) is 10.2. The molecule has 0 fully saturated rings. The SMILES string of the molecule is CN(C)Cc1cc2c(C3=C(c4cn(C)c5ccccc45)C(=O)NC3=O)c(Cl)ccc2cn1. The highest BCUT2D eigenvalue weighted by Crippen LogP contribution is 2.41. The van der Waals surface area contributed by atoms with Gasteiger partial charge in [-0.3, -0.25) is 19.9 Å². The number of rotatable bonds is 4. The molecule has 160 valence electrons. The van der Waals surface area contributed by atoms with Gasteiger partial charge in [-0.25, -0.2) is 0 Å². The minimum Gasteiger partial charge on any atom is -0.350 e. The van der Waals surface area contributed by atoms with Gasteiger partial charge in [0.25, 0.3) is 11.8 Å². The average molecular weight is 445 g/mol. The number of halogens is 1. The molecule has 7 heteroatoms. The molecule has 0 spiro atoms. The zero-order chi connectivity index (χ0) is 22.6. The maximum atomic E-state index is 13.1. The zero-order valence-corrected chi connectivity index (χ0v) is 18.7. The van der Waals surface area contributed by atoms with Crippen LogP contribution >= 0.6 is 11.6 Å². The first-order chi connectivity index (χ1) is 15.3. The molecule has 0 unspecified atom stereocenters. The number of amides is 2. The summed E-state index contributed by atoms with van der Waals surface area (Å²) >= 11 is 6.67. The normalized spacial score (nSPS) is 14.3. The Balaban J connectivity index is 1.85. The minimum absolute atomic E-state index is 0.295. The molecule has 5 rings (SSSR count). The highest BCUT2D eigenvalue weighted by atomic mass is 35.5. The molecule has 0 bridgehead atoms. The van der Waals surface area contributed by atoms with Crippen LogP contribution in [-0.4, -0.2) is 40.4 Å². The van der Waals surface area contributed by atoms with E-state index in [9.17, 15) is 9.59 Å². The molecule has 0 radical (unpaired) electrons. The molecule has 6 nitrogen and oxygen atoms in total. The van der Waals surface area contributed by atoms with Crippen LogP contribution in [0.3, 0.4) is 0 Å². The number of carbonyl (C=O) groups is 2. The lowest BCUT2D eigenvalue weighted by atomic mass is 9.92. The standard InChI is InChI=1S/C25H21ClN4O2/c1-29(2)12-15-10-17-14(11-27-15)8-9-19(26)21(17)23-22(24(31)28-25(23)32)18-13-30(3)20-7-5-4-6-16(18)20/h4-11,13H,12H2,1-3H3,(H,28,31,32). The molecule has 4 aromatic rings. The summed E-state index contributed by atoms with van der Waals surface area (Å²) < 4.78 is 1.95. The quantitative estimate of drug-likeness (QED) is 0.483. The van der Waals surface area contributed by atoms with Crippen molar-refractivity contribution in [2.75, 3.05) is 14.1 Å². The van der Waals surface area contributed by atoms with E-state index in [1.54, 1.807) is 12.3 Å². The Kier molecular flexibility index (Phi) is 4.84.